The van der Waals surface area contributed by atoms with Gasteiger partial charge in [-0.1, -0.05) is 23.4 Å². The van der Waals surface area contributed by atoms with Gasteiger partial charge < -0.3 is 13.8 Å². The first kappa shape index (κ1) is 14.7. The molecule has 0 saturated carbocycles. The summed E-state index contributed by atoms with van der Waals surface area (Å²) in [5.41, 5.74) is 2.23. The van der Waals surface area contributed by atoms with Gasteiger partial charge in [0.15, 0.2) is 5.76 Å². The van der Waals surface area contributed by atoms with E-state index in [0.29, 0.717) is 30.3 Å². The van der Waals surface area contributed by atoms with E-state index in [1.54, 1.807) is 18.4 Å². The van der Waals surface area contributed by atoms with Crippen LogP contribution in [0.15, 0.2) is 51.6 Å². The maximum Gasteiger partial charge on any atom is 0.238 e. The summed E-state index contributed by atoms with van der Waals surface area (Å²) in [7, 11) is 0. The predicted octanol–water partition coefficient (Wildman–Crippen LogP) is 3.24. The molecule has 0 spiro atoms. The average Bonchev–Trinajstić information content (AvgIpc) is 3.31. The summed E-state index contributed by atoms with van der Waals surface area (Å²) >= 11 is 0. The zero-order chi connectivity index (χ0) is 16.5. The Morgan fingerprint density at radius 1 is 1.29 bits per heavy atom. The van der Waals surface area contributed by atoms with Crippen molar-refractivity contribution in [3.05, 3.63) is 54.1 Å². The van der Waals surface area contributed by atoms with Crippen LogP contribution in [0, 0.1) is 0 Å². The summed E-state index contributed by atoms with van der Waals surface area (Å²) in [6.07, 6.45) is 3.20. The van der Waals surface area contributed by atoms with Crippen molar-refractivity contribution < 1.29 is 13.7 Å². The van der Waals surface area contributed by atoms with Gasteiger partial charge in [-0.25, -0.2) is 0 Å². The first-order valence-electron chi connectivity index (χ1n) is 7.99. The maximum absolute atomic E-state index is 12.6. The van der Waals surface area contributed by atoms with Gasteiger partial charge in [0, 0.05) is 24.6 Å². The van der Waals surface area contributed by atoms with Crippen LogP contribution in [0.25, 0.3) is 11.6 Å². The number of amides is 1. The molecule has 6 heteroatoms. The van der Waals surface area contributed by atoms with E-state index in [4.69, 9.17) is 8.94 Å². The molecule has 2 aromatic heterocycles. The maximum atomic E-state index is 12.6. The Bertz CT molecular complexity index is 854. The number of carbonyl (C=O) groups excluding carboxylic acids is 1. The highest BCUT2D eigenvalue weighted by atomic mass is 16.5. The van der Waals surface area contributed by atoms with Gasteiger partial charge in [0.1, 0.15) is 0 Å². The lowest BCUT2D eigenvalue weighted by Crippen LogP contribution is -2.35. The lowest BCUT2D eigenvalue weighted by atomic mass is 10.1. The van der Waals surface area contributed by atoms with Gasteiger partial charge >= 0.3 is 0 Å². The highest BCUT2D eigenvalue weighted by Crippen LogP contribution is 2.32. The average molecular weight is 323 g/mol. The molecule has 4 rings (SSSR count). The zero-order valence-corrected chi connectivity index (χ0v) is 13.3. The predicted molar refractivity (Wildman–Crippen MR) is 87.4 cm³/mol. The fourth-order valence-electron chi connectivity index (χ4n) is 3.14. The molecule has 0 aliphatic carbocycles. The molecule has 1 amide bonds. The van der Waals surface area contributed by atoms with Crippen LogP contribution in [0.4, 0.5) is 5.69 Å². The van der Waals surface area contributed by atoms with Crippen molar-refractivity contribution in [3.8, 4) is 11.6 Å². The molecule has 0 fully saturated rings. The highest BCUT2D eigenvalue weighted by Gasteiger charge is 2.30. The van der Waals surface area contributed by atoms with Crippen LogP contribution in [-0.4, -0.2) is 22.1 Å². The van der Waals surface area contributed by atoms with Crippen molar-refractivity contribution in [3.63, 3.8) is 0 Å². The summed E-state index contributed by atoms with van der Waals surface area (Å²) in [4.78, 5) is 18.8. The van der Waals surface area contributed by atoms with Crippen LogP contribution in [0.5, 0.6) is 0 Å². The number of furan rings is 1. The second kappa shape index (κ2) is 5.96. The molecule has 1 aliphatic rings. The van der Waals surface area contributed by atoms with Crippen molar-refractivity contribution in [1.82, 2.24) is 10.1 Å². The Morgan fingerprint density at radius 2 is 2.17 bits per heavy atom. The Hall–Kier alpha value is -2.89. The van der Waals surface area contributed by atoms with Gasteiger partial charge in [-0.15, -0.1) is 0 Å². The number of rotatable bonds is 4. The third-order valence-corrected chi connectivity index (χ3v) is 4.24. The van der Waals surface area contributed by atoms with Crippen molar-refractivity contribution in [1.29, 1.82) is 0 Å². The van der Waals surface area contributed by atoms with E-state index in [1.165, 1.54) is 5.56 Å². The molecule has 1 aliphatic heterocycles. The minimum absolute atomic E-state index is 0.0743. The third kappa shape index (κ3) is 2.60. The number of carbonyl (C=O) groups is 1. The van der Waals surface area contributed by atoms with Gasteiger partial charge in [0.2, 0.25) is 17.6 Å². The molecule has 0 bridgehead atoms. The van der Waals surface area contributed by atoms with E-state index in [0.717, 1.165) is 12.1 Å². The number of hydrogen-bond donors (Lipinski definition) is 0. The number of anilines is 1. The topological polar surface area (TPSA) is 72.4 Å². The molecule has 1 aromatic carbocycles. The third-order valence-electron chi connectivity index (χ3n) is 4.24. The monoisotopic (exact) mass is 323 g/mol. The normalized spacial score (nSPS) is 16.4. The van der Waals surface area contributed by atoms with Crippen molar-refractivity contribution in [2.24, 2.45) is 0 Å². The van der Waals surface area contributed by atoms with Crippen LogP contribution in [0.2, 0.25) is 0 Å². The number of para-hydroxylation sites is 1. The summed E-state index contributed by atoms with van der Waals surface area (Å²) in [5, 5.41) is 3.88. The molecular weight excluding hydrogens is 306 g/mol. The SMILES string of the molecule is CC1Cc2ccccc2N1C(=O)CCc1nc(-c2ccco2)no1. The number of nitrogens with zero attached hydrogens (tertiary/aromatic N) is 3. The summed E-state index contributed by atoms with van der Waals surface area (Å²) in [5.74, 6) is 1.47. The van der Waals surface area contributed by atoms with E-state index in [9.17, 15) is 4.79 Å². The van der Waals surface area contributed by atoms with E-state index >= 15 is 0 Å². The van der Waals surface area contributed by atoms with Crippen molar-refractivity contribution >= 4 is 11.6 Å². The van der Waals surface area contributed by atoms with Crippen LogP contribution in [0.3, 0.4) is 0 Å². The lowest BCUT2D eigenvalue weighted by Gasteiger charge is -2.22. The number of aromatic nitrogens is 2. The van der Waals surface area contributed by atoms with Crippen LogP contribution >= 0.6 is 0 Å². The summed E-state index contributed by atoms with van der Waals surface area (Å²) < 4.78 is 10.4. The molecule has 3 aromatic rings. The molecule has 1 unspecified atom stereocenters. The molecule has 0 saturated heterocycles. The van der Waals surface area contributed by atoms with Gasteiger partial charge in [-0.2, -0.15) is 4.98 Å². The summed E-state index contributed by atoms with van der Waals surface area (Å²) in [6.45, 7) is 2.07. The number of hydrogen-bond acceptors (Lipinski definition) is 5. The second-order valence-corrected chi connectivity index (χ2v) is 5.93. The number of aryl methyl sites for hydroxylation is 1. The smallest absolute Gasteiger partial charge is 0.238 e. The van der Waals surface area contributed by atoms with Gasteiger partial charge in [-0.05, 0) is 37.1 Å². The summed E-state index contributed by atoms with van der Waals surface area (Å²) in [6, 6.07) is 11.8. The van der Waals surface area contributed by atoms with Crippen molar-refractivity contribution in [2.75, 3.05) is 4.90 Å². The van der Waals surface area contributed by atoms with Gasteiger partial charge in [0.05, 0.1) is 6.26 Å². The Labute approximate surface area is 139 Å². The molecule has 122 valence electrons. The first-order chi connectivity index (χ1) is 11.7. The Morgan fingerprint density at radius 3 is 3.00 bits per heavy atom. The second-order valence-electron chi connectivity index (χ2n) is 5.93. The fraction of sp³-hybridized carbons (Fsp3) is 0.278. The molecule has 0 radical (unpaired) electrons. The van der Waals surface area contributed by atoms with E-state index < -0.39 is 0 Å². The fourth-order valence-corrected chi connectivity index (χ4v) is 3.14. The highest BCUT2D eigenvalue weighted by molar-refractivity contribution is 5.96. The number of benzene rings is 1. The minimum Gasteiger partial charge on any atom is -0.461 e. The van der Waals surface area contributed by atoms with Crippen LogP contribution in [-0.2, 0) is 17.6 Å². The number of fused-ring (bicyclic) bond motifs is 1. The van der Waals surface area contributed by atoms with Crippen molar-refractivity contribution in [2.45, 2.75) is 32.2 Å². The Kier molecular flexibility index (Phi) is 3.65. The van der Waals surface area contributed by atoms with Crippen LogP contribution in [0.1, 0.15) is 24.8 Å². The molecule has 24 heavy (non-hydrogen) atoms. The standard InChI is InChI=1S/C18H17N3O3/c1-12-11-13-5-2-3-6-14(13)21(12)17(22)9-8-16-19-18(20-24-16)15-7-4-10-23-15/h2-7,10,12H,8-9,11H2,1H3. The van der Waals surface area contributed by atoms with E-state index in [-0.39, 0.29) is 11.9 Å². The van der Waals surface area contributed by atoms with E-state index in [1.807, 2.05) is 23.1 Å². The minimum atomic E-state index is 0.0743. The van der Waals surface area contributed by atoms with Gasteiger partial charge in [0.25, 0.3) is 0 Å². The van der Waals surface area contributed by atoms with Crippen LogP contribution < -0.4 is 4.90 Å². The first-order valence-corrected chi connectivity index (χ1v) is 7.99. The quantitative estimate of drug-likeness (QED) is 0.737. The van der Waals surface area contributed by atoms with Gasteiger partial charge in [-0.3, -0.25) is 4.79 Å². The van der Waals surface area contributed by atoms with E-state index in [2.05, 4.69) is 23.1 Å². The zero-order valence-electron chi connectivity index (χ0n) is 13.3. The molecule has 0 N–H and O–H groups in total. The largest absolute Gasteiger partial charge is 0.461 e. The lowest BCUT2D eigenvalue weighted by molar-refractivity contribution is -0.118. The molecule has 1 atom stereocenters. The molecule has 3 heterocycles. The Balaban J connectivity index is 1.44. The molecular formula is C18H17N3O3. The molecule has 6 nitrogen and oxygen atoms in total.